The first-order chi connectivity index (χ1) is 17.2. The van der Waals surface area contributed by atoms with E-state index in [0.29, 0.717) is 25.7 Å². The molecule has 10 atom stereocenters. The molecule has 10 unspecified atom stereocenters. The van der Waals surface area contributed by atoms with Gasteiger partial charge in [-0.25, -0.2) is 0 Å². The summed E-state index contributed by atoms with van der Waals surface area (Å²) >= 11 is 0. The maximum Gasteiger partial charge on any atom is 0.186 e. The van der Waals surface area contributed by atoms with E-state index in [1.807, 2.05) is 13.8 Å². The number of hydrogen-bond donors (Lipinski definition) is 7. The van der Waals surface area contributed by atoms with Crippen molar-refractivity contribution >= 4 is 0 Å². The van der Waals surface area contributed by atoms with Crippen LogP contribution in [-0.2, 0) is 9.47 Å². The maximum atomic E-state index is 11.4. The van der Waals surface area contributed by atoms with Gasteiger partial charge in [0.25, 0.3) is 0 Å². The Kier molecular flexibility index (Phi) is 9.69. The minimum Gasteiger partial charge on any atom is -0.394 e. The van der Waals surface area contributed by atoms with Crippen molar-refractivity contribution in [3.05, 3.63) is 23.8 Å². The summed E-state index contributed by atoms with van der Waals surface area (Å²) in [5.74, 6) is -0.211. The van der Waals surface area contributed by atoms with Crippen molar-refractivity contribution in [1.82, 2.24) is 0 Å². The predicted octanol–water partition coefficient (Wildman–Crippen LogP) is 1.02. The number of fused-ring (bicyclic) bond motifs is 1. The normalized spacial score (nSPS) is 44.2. The first-order valence-electron chi connectivity index (χ1n) is 13.5. The molecule has 214 valence electrons. The minimum atomic E-state index is -1.52. The third-order valence-corrected chi connectivity index (χ3v) is 9.80. The van der Waals surface area contributed by atoms with E-state index >= 15 is 0 Å². The summed E-state index contributed by atoms with van der Waals surface area (Å²) in [7, 11) is 0. The summed E-state index contributed by atoms with van der Waals surface area (Å²) in [5.41, 5.74) is -0.190. The fourth-order valence-electron chi connectivity index (χ4n) is 6.95. The molecule has 0 aromatic heterocycles. The molecule has 1 saturated heterocycles. The van der Waals surface area contributed by atoms with Gasteiger partial charge in [-0.05, 0) is 69.3 Å². The molecule has 0 radical (unpaired) electrons. The molecule has 3 aliphatic rings. The van der Waals surface area contributed by atoms with E-state index in [2.05, 4.69) is 20.4 Å². The van der Waals surface area contributed by atoms with Crippen molar-refractivity contribution in [3.8, 4) is 0 Å². The van der Waals surface area contributed by atoms with Crippen LogP contribution in [0.3, 0.4) is 0 Å². The number of rotatable bonds is 6. The number of aliphatic hydroxyl groups is 7. The minimum absolute atomic E-state index is 0.0389. The van der Waals surface area contributed by atoms with Crippen LogP contribution in [0.25, 0.3) is 0 Å². The van der Waals surface area contributed by atoms with Crippen LogP contribution in [0.4, 0.5) is 0 Å². The highest BCUT2D eigenvalue weighted by atomic mass is 16.7. The standard InChI is InChI=1S/C28H48O9/c1-16-8-10-27(4)20(26(2,3)35)9-11-28(27,5)21(31)12-17(13-29)6-7-18(16)15-36-25-24(34)23(33)22(32)19(14-30)37-25/h12,18-25,29-35H,1,6-11,13-15H2,2-5H3. The van der Waals surface area contributed by atoms with Gasteiger partial charge in [0.2, 0.25) is 0 Å². The van der Waals surface area contributed by atoms with Crippen molar-refractivity contribution in [3.63, 3.8) is 0 Å². The van der Waals surface area contributed by atoms with E-state index in [9.17, 15) is 35.7 Å². The number of ether oxygens (including phenoxy) is 2. The largest absolute Gasteiger partial charge is 0.394 e. The Labute approximate surface area is 220 Å². The lowest BCUT2D eigenvalue weighted by Gasteiger charge is -2.50. The van der Waals surface area contributed by atoms with Crippen LogP contribution >= 0.6 is 0 Å². The molecule has 0 bridgehead atoms. The zero-order valence-electron chi connectivity index (χ0n) is 22.7. The van der Waals surface area contributed by atoms with Crippen LogP contribution in [0, 0.1) is 22.7 Å². The van der Waals surface area contributed by atoms with Crippen molar-refractivity contribution in [2.45, 2.75) is 109 Å². The van der Waals surface area contributed by atoms with Gasteiger partial charge in [-0.2, -0.15) is 0 Å². The van der Waals surface area contributed by atoms with Gasteiger partial charge in [0.1, 0.15) is 24.4 Å². The molecule has 0 amide bonds. The zero-order valence-corrected chi connectivity index (χ0v) is 22.7. The summed E-state index contributed by atoms with van der Waals surface area (Å²) in [6.07, 6.45) is -1.77. The molecular formula is C28H48O9. The van der Waals surface area contributed by atoms with Crippen LogP contribution in [0.1, 0.15) is 66.2 Å². The van der Waals surface area contributed by atoms with Gasteiger partial charge in [0.15, 0.2) is 6.29 Å². The molecular weight excluding hydrogens is 480 g/mol. The zero-order chi connectivity index (χ0) is 27.8. The second-order valence-corrected chi connectivity index (χ2v) is 12.4. The van der Waals surface area contributed by atoms with Crippen molar-refractivity contribution < 1.29 is 45.2 Å². The van der Waals surface area contributed by atoms with E-state index in [1.54, 1.807) is 6.08 Å². The van der Waals surface area contributed by atoms with Gasteiger partial charge < -0.3 is 45.2 Å². The molecule has 9 heteroatoms. The van der Waals surface area contributed by atoms with Gasteiger partial charge in [-0.1, -0.05) is 32.1 Å². The average molecular weight is 529 g/mol. The van der Waals surface area contributed by atoms with Crippen LogP contribution in [-0.4, -0.2) is 98.0 Å². The summed E-state index contributed by atoms with van der Waals surface area (Å²) in [4.78, 5) is 0. The Morgan fingerprint density at radius 3 is 2.27 bits per heavy atom. The Balaban J connectivity index is 1.84. The molecule has 2 fully saturated rings. The molecule has 1 aliphatic heterocycles. The second kappa shape index (κ2) is 11.7. The molecule has 3 rings (SSSR count). The Hall–Kier alpha value is -0.880. The SMILES string of the molecule is C=C1CCC2(C)C(C(C)(C)O)CCC2(C)C(O)C=C(CO)CCC1COC1OC(CO)C(O)C(O)C1O. The lowest BCUT2D eigenvalue weighted by Crippen LogP contribution is -2.59. The second-order valence-electron chi connectivity index (χ2n) is 12.4. The first-order valence-corrected chi connectivity index (χ1v) is 13.5. The highest BCUT2D eigenvalue weighted by Gasteiger charge is 2.60. The highest BCUT2D eigenvalue weighted by Crippen LogP contribution is 2.63. The summed E-state index contributed by atoms with van der Waals surface area (Å²) in [5, 5.41) is 72.4. The molecule has 0 spiro atoms. The van der Waals surface area contributed by atoms with Crippen molar-refractivity contribution in [1.29, 1.82) is 0 Å². The fourth-order valence-corrected chi connectivity index (χ4v) is 6.95. The summed E-state index contributed by atoms with van der Waals surface area (Å²) in [6, 6.07) is 0. The lowest BCUT2D eigenvalue weighted by atomic mass is 9.56. The van der Waals surface area contributed by atoms with Gasteiger partial charge in [0.05, 0.1) is 31.5 Å². The van der Waals surface area contributed by atoms with Gasteiger partial charge in [0, 0.05) is 11.3 Å². The molecule has 9 nitrogen and oxygen atoms in total. The van der Waals surface area contributed by atoms with Crippen LogP contribution in [0.5, 0.6) is 0 Å². The monoisotopic (exact) mass is 528 g/mol. The summed E-state index contributed by atoms with van der Waals surface area (Å²) in [6.45, 7) is 11.6. The van der Waals surface area contributed by atoms with Gasteiger partial charge in [-0.15, -0.1) is 0 Å². The van der Waals surface area contributed by atoms with E-state index in [1.165, 1.54) is 0 Å². The third kappa shape index (κ3) is 6.00. The lowest BCUT2D eigenvalue weighted by molar-refractivity contribution is -0.302. The van der Waals surface area contributed by atoms with Gasteiger partial charge >= 0.3 is 0 Å². The number of aliphatic hydroxyl groups excluding tert-OH is 6. The molecule has 37 heavy (non-hydrogen) atoms. The first kappa shape index (κ1) is 30.7. The van der Waals surface area contributed by atoms with Crippen LogP contribution in [0.15, 0.2) is 23.8 Å². The topological polar surface area (TPSA) is 160 Å². The number of hydrogen-bond acceptors (Lipinski definition) is 9. The Morgan fingerprint density at radius 2 is 1.68 bits per heavy atom. The molecule has 1 heterocycles. The Bertz CT molecular complexity index is 821. The molecule has 1 saturated carbocycles. The smallest absolute Gasteiger partial charge is 0.186 e. The van der Waals surface area contributed by atoms with Crippen LogP contribution < -0.4 is 0 Å². The van der Waals surface area contributed by atoms with Gasteiger partial charge in [-0.3, -0.25) is 0 Å². The average Bonchev–Trinajstić information content (AvgIpc) is 3.12. The van der Waals surface area contributed by atoms with E-state index in [0.717, 1.165) is 24.0 Å². The third-order valence-electron chi connectivity index (χ3n) is 9.80. The van der Waals surface area contributed by atoms with E-state index < -0.39 is 59.8 Å². The van der Waals surface area contributed by atoms with Crippen LogP contribution in [0.2, 0.25) is 0 Å². The van der Waals surface area contributed by atoms with E-state index in [-0.39, 0.29) is 25.0 Å². The Morgan fingerprint density at radius 1 is 1.00 bits per heavy atom. The quantitative estimate of drug-likeness (QED) is 0.250. The fraction of sp³-hybridized carbons (Fsp3) is 0.857. The molecule has 7 N–H and O–H groups in total. The maximum absolute atomic E-state index is 11.4. The predicted molar refractivity (Wildman–Crippen MR) is 137 cm³/mol. The summed E-state index contributed by atoms with van der Waals surface area (Å²) < 4.78 is 11.4. The molecule has 0 aromatic carbocycles. The van der Waals surface area contributed by atoms with E-state index in [4.69, 9.17) is 9.47 Å². The molecule has 2 aliphatic carbocycles. The van der Waals surface area contributed by atoms with Crippen molar-refractivity contribution in [2.24, 2.45) is 22.7 Å². The highest BCUT2D eigenvalue weighted by molar-refractivity contribution is 5.19. The van der Waals surface area contributed by atoms with Crippen molar-refractivity contribution in [2.75, 3.05) is 19.8 Å². The molecule has 0 aromatic rings.